The fraction of sp³-hybridized carbons (Fsp3) is 0.222. The lowest BCUT2D eigenvalue weighted by molar-refractivity contribution is 0.102. The van der Waals surface area contributed by atoms with Crippen molar-refractivity contribution in [2.24, 2.45) is 0 Å². The maximum Gasteiger partial charge on any atom is 0.238 e. The maximum atomic E-state index is 13.2. The molecule has 0 aliphatic carbocycles. The van der Waals surface area contributed by atoms with Crippen LogP contribution in [-0.2, 0) is 6.42 Å². The second-order valence-electron chi connectivity index (χ2n) is 8.40. The summed E-state index contributed by atoms with van der Waals surface area (Å²) in [5, 5.41) is 59.5. The zero-order valence-electron chi connectivity index (χ0n) is 19.2. The molecule has 0 saturated heterocycles. The molecule has 0 fully saturated rings. The summed E-state index contributed by atoms with van der Waals surface area (Å²) in [7, 11) is 0. The molecule has 0 saturated carbocycles. The molecule has 0 radical (unpaired) electrons. The molecule has 1 aromatic heterocycles. The first kappa shape index (κ1) is 24.9. The fourth-order valence-electron chi connectivity index (χ4n) is 3.99. The Labute approximate surface area is 205 Å². The second-order valence-corrected chi connectivity index (χ2v) is 8.40. The first-order chi connectivity index (χ1) is 17.3. The quantitative estimate of drug-likeness (QED) is 0.205. The van der Waals surface area contributed by atoms with E-state index in [4.69, 9.17) is 14.3 Å². The number of aliphatic hydroxyl groups excluding tert-OH is 2. The molecule has 0 unspecified atom stereocenters. The van der Waals surface area contributed by atoms with Crippen molar-refractivity contribution >= 4 is 11.0 Å². The largest absolute Gasteiger partial charge is 0.508 e. The number of aromatic hydroxyl groups is 4. The van der Waals surface area contributed by atoms with Gasteiger partial charge in [-0.15, -0.1) is 0 Å². The smallest absolute Gasteiger partial charge is 0.238 e. The SMILES string of the molecule is O=c1c(O)c(-c2ccc(O)c(Cc3cccc(O)c3)c2)oc2cc(O)cc(O[C@@H](CO)CCCO)c12. The highest BCUT2D eigenvalue weighted by Crippen LogP contribution is 2.37. The van der Waals surface area contributed by atoms with Gasteiger partial charge in [0, 0.05) is 30.7 Å². The number of ether oxygens (including phenoxy) is 1. The molecule has 6 N–H and O–H groups in total. The number of hydrogen-bond donors (Lipinski definition) is 6. The molecule has 0 amide bonds. The van der Waals surface area contributed by atoms with Crippen molar-refractivity contribution in [3.8, 4) is 40.1 Å². The van der Waals surface area contributed by atoms with E-state index >= 15 is 0 Å². The van der Waals surface area contributed by atoms with Gasteiger partial charge in [0.05, 0.1) is 6.61 Å². The Morgan fingerprint density at radius 3 is 2.44 bits per heavy atom. The minimum Gasteiger partial charge on any atom is -0.508 e. The van der Waals surface area contributed by atoms with Crippen molar-refractivity contribution in [1.82, 2.24) is 0 Å². The van der Waals surface area contributed by atoms with E-state index < -0.39 is 17.3 Å². The Bertz CT molecular complexity index is 1440. The van der Waals surface area contributed by atoms with Crippen LogP contribution < -0.4 is 10.2 Å². The van der Waals surface area contributed by atoms with E-state index in [1.54, 1.807) is 24.3 Å². The number of rotatable bonds is 9. The molecule has 1 atom stereocenters. The van der Waals surface area contributed by atoms with Crippen LogP contribution >= 0.6 is 0 Å². The fourth-order valence-corrected chi connectivity index (χ4v) is 3.99. The van der Waals surface area contributed by atoms with Crippen LogP contribution in [0, 0.1) is 0 Å². The summed E-state index contributed by atoms with van der Waals surface area (Å²) in [5.74, 6) is -1.13. The van der Waals surface area contributed by atoms with Gasteiger partial charge in [-0.2, -0.15) is 0 Å². The summed E-state index contributed by atoms with van der Waals surface area (Å²) in [5.41, 5.74) is 0.654. The molecule has 0 aliphatic heterocycles. The van der Waals surface area contributed by atoms with E-state index in [-0.39, 0.29) is 59.4 Å². The van der Waals surface area contributed by atoms with E-state index in [1.165, 1.54) is 30.3 Å². The Morgan fingerprint density at radius 1 is 0.917 bits per heavy atom. The molecule has 188 valence electrons. The molecule has 36 heavy (non-hydrogen) atoms. The van der Waals surface area contributed by atoms with Crippen LogP contribution in [0.1, 0.15) is 24.0 Å². The Balaban J connectivity index is 1.78. The zero-order chi connectivity index (χ0) is 25.8. The predicted molar refractivity (Wildman–Crippen MR) is 132 cm³/mol. The lowest BCUT2D eigenvalue weighted by Crippen LogP contribution is -2.22. The number of benzene rings is 3. The summed E-state index contributed by atoms with van der Waals surface area (Å²) in [6, 6.07) is 13.4. The van der Waals surface area contributed by atoms with Crippen molar-refractivity contribution in [2.45, 2.75) is 25.4 Å². The predicted octanol–water partition coefficient (Wildman–Crippen LogP) is 3.39. The lowest BCUT2D eigenvalue weighted by atomic mass is 10.00. The summed E-state index contributed by atoms with van der Waals surface area (Å²) >= 11 is 0. The zero-order valence-corrected chi connectivity index (χ0v) is 19.2. The Hall–Kier alpha value is -4.21. The van der Waals surface area contributed by atoms with Crippen LogP contribution in [0.15, 0.2) is 63.8 Å². The van der Waals surface area contributed by atoms with Crippen LogP contribution in [0.25, 0.3) is 22.3 Å². The minimum absolute atomic E-state index is 0.0176. The normalized spacial score (nSPS) is 12.1. The van der Waals surface area contributed by atoms with Crippen molar-refractivity contribution in [3.05, 3.63) is 75.9 Å². The third-order valence-corrected chi connectivity index (χ3v) is 5.75. The van der Waals surface area contributed by atoms with Crippen LogP contribution in [0.2, 0.25) is 0 Å². The standard InChI is InChI=1S/C27H26O9/c28-8-2-5-20(14-29)35-22-12-19(31)13-23-24(22)25(33)26(34)27(36-23)16-6-7-21(32)17(11-16)9-15-3-1-4-18(30)10-15/h1,3-4,6-7,10-13,20,28-32,34H,2,5,8-9,14H2/t20-/m1/s1. The topological polar surface area (TPSA) is 161 Å². The molecule has 0 bridgehead atoms. The van der Waals surface area contributed by atoms with Gasteiger partial charge in [-0.1, -0.05) is 12.1 Å². The number of phenolic OH excluding ortho intramolecular Hbond substituents is 3. The number of phenols is 3. The van der Waals surface area contributed by atoms with E-state index in [0.717, 1.165) is 5.56 Å². The number of fused-ring (bicyclic) bond motifs is 1. The van der Waals surface area contributed by atoms with E-state index in [0.29, 0.717) is 24.0 Å². The summed E-state index contributed by atoms with van der Waals surface area (Å²) in [4.78, 5) is 13.2. The molecule has 4 aromatic rings. The molecule has 3 aromatic carbocycles. The molecule has 9 heteroatoms. The molecule has 4 rings (SSSR count). The maximum absolute atomic E-state index is 13.2. The van der Waals surface area contributed by atoms with Gasteiger partial charge in [-0.25, -0.2) is 0 Å². The molecule has 1 heterocycles. The van der Waals surface area contributed by atoms with Crippen molar-refractivity contribution < 1.29 is 39.8 Å². The van der Waals surface area contributed by atoms with Crippen molar-refractivity contribution in [3.63, 3.8) is 0 Å². The number of aliphatic hydroxyl groups is 2. The second kappa shape index (κ2) is 10.6. The minimum atomic E-state index is -0.803. The highest BCUT2D eigenvalue weighted by molar-refractivity contribution is 5.88. The van der Waals surface area contributed by atoms with Gasteiger partial charge >= 0.3 is 0 Å². The van der Waals surface area contributed by atoms with Crippen molar-refractivity contribution in [1.29, 1.82) is 0 Å². The summed E-state index contributed by atoms with van der Waals surface area (Å²) < 4.78 is 11.5. The molecule has 0 spiro atoms. The third kappa shape index (κ3) is 5.22. The van der Waals surface area contributed by atoms with Gasteiger partial charge in [0.1, 0.15) is 40.1 Å². The lowest BCUT2D eigenvalue weighted by Gasteiger charge is -2.18. The highest BCUT2D eigenvalue weighted by Gasteiger charge is 2.22. The van der Waals surface area contributed by atoms with Crippen LogP contribution in [0.3, 0.4) is 0 Å². The monoisotopic (exact) mass is 494 g/mol. The number of hydrogen-bond acceptors (Lipinski definition) is 9. The molecular weight excluding hydrogens is 468 g/mol. The third-order valence-electron chi connectivity index (χ3n) is 5.75. The Kier molecular flexibility index (Phi) is 7.33. The van der Waals surface area contributed by atoms with E-state index in [9.17, 15) is 30.3 Å². The van der Waals surface area contributed by atoms with E-state index in [2.05, 4.69) is 0 Å². The Morgan fingerprint density at radius 2 is 1.72 bits per heavy atom. The van der Waals surface area contributed by atoms with Crippen molar-refractivity contribution in [2.75, 3.05) is 13.2 Å². The summed E-state index contributed by atoms with van der Waals surface area (Å²) in [6.07, 6.45) is 0.176. The molecule has 0 aliphatic rings. The first-order valence-corrected chi connectivity index (χ1v) is 11.3. The van der Waals surface area contributed by atoms with Gasteiger partial charge in [-0.05, 0) is 54.3 Å². The average molecular weight is 494 g/mol. The van der Waals surface area contributed by atoms with Gasteiger partial charge < -0.3 is 39.8 Å². The first-order valence-electron chi connectivity index (χ1n) is 11.3. The van der Waals surface area contributed by atoms with Crippen LogP contribution in [0.5, 0.6) is 28.7 Å². The average Bonchev–Trinajstić information content (AvgIpc) is 2.85. The van der Waals surface area contributed by atoms with Crippen LogP contribution in [-0.4, -0.2) is 50.0 Å². The van der Waals surface area contributed by atoms with Gasteiger partial charge in [-0.3, -0.25) is 4.79 Å². The van der Waals surface area contributed by atoms with Gasteiger partial charge in [0.2, 0.25) is 11.2 Å². The van der Waals surface area contributed by atoms with Gasteiger partial charge in [0.25, 0.3) is 0 Å². The molecular formula is C27H26O9. The molecule has 9 nitrogen and oxygen atoms in total. The van der Waals surface area contributed by atoms with E-state index in [1.807, 2.05) is 0 Å². The highest BCUT2D eigenvalue weighted by atomic mass is 16.5. The van der Waals surface area contributed by atoms with Crippen LogP contribution in [0.4, 0.5) is 0 Å². The van der Waals surface area contributed by atoms with Gasteiger partial charge in [0.15, 0.2) is 5.76 Å². The summed E-state index contributed by atoms with van der Waals surface area (Å²) in [6.45, 7) is -0.491.